The fraction of sp³-hybridized carbons (Fsp3) is 0.444. The number of hydrogen-bond donors (Lipinski definition) is 0. The van der Waals surface area contributed by atoms with Gasteiger partial charge in [-0.25, -0.2) is 10.0 Å². The average Bonchev–Trinajstić information content (AvgIpc) is 2.88. The van der Waals surface area contributed by atoms with Crippen molar-refractivity contribution in [3.63, 3.8) is 0 Å². The lowest BCUT2D eigenvalue weighted by Gasteiger charge is -2.44. The fourth-order valence-corrected chi connectivity index (χ4v) is 4.70. The van der Waals surface area contributed by atoms with Crippen LogP contribution in [0.3, 0.4) is 0 Å². The van der Waals surface area contributed by atoms with Crippen LogP contribution in [0, 0.1) is 0 Å². The van der Waals surface area contributed by atoms with Crippen molar-refractivity contribution in [2.45, 2.75) is 51.5 Å². The van der Waals surface area contributed by atoms with Gasteiger partial charge in [0.2, 0.25) is 5.91 Å². The number of methoxy groups -OCH3 is 1. The van der Waals surface area contributed by atoms with E-state index >= 15 is 0 Å². The summed E-state index contributed by atoms with van der Waals surface area (Å²) < 4.78 is 16.2. The molecule has 2 aromatic rings. The maximum Gasteiger partial charge on any atom is 0.302 e. The number of ketones is 1. The van der Waals surface area contributed by atoms with Crippen molar-refractivity contribution in [2.75, 3.05) is 31.9 Å². The average molecular weight is 481 g/mol. The number of ether oxygens (including phenoxy) is 3. The number of aryl methyl sites for hydroxylation is 1. The van der Waals surface area contributed by atoms with Crippen LogP contribution in [-0.2, 0) is 20.7 Å². The van der Waals surface area contributed by atoms with Crippen LogP contribution in [0.2, 0.25) is 0 Å². The summed E-state index contributed by atoms with van der Waals surface area (Å²) >= 11 is 0. The Morgan fingerprint density at radius 2 is 1.89 bits per heavy atom. The number of hydrazine groups is 1. The van der Waals surface area contributed by atoms with Crippen LogP contribution in [-0.4, -0.2) is 55.6 Å². The number of fused-ring (bicyclic) bond motifs is 1. The van der Waals surface area contributed by atoms with Gasteiger partial charge in [-0.3, -0.25) is 14.4 Å². The van der Waals surface area contributed by atoms with Crippen molar-refractivity contribution < 1.29 is 28.6 Å². The normalized spacial score (nSPS) is 18.1. The standard InChI is InChI=1S/C27H32N2O6/c1-19(30)34-16-7-17-35-25-18-21(33-2)12-13-22(25)27(32)24-10-5-6-15-28(24)29-23-9-4-3-8-20(23)11-14-26(29)31/h3-4,8-9,12-13,18,24H,5-7,10-11,14-17H2,1-2H3. The van der Waals surface area contributed by atoms with Crippen molar-refractivity contribution in [1.82, 2.24) is 5.01 Å². The number of carbonyl (C=O) groups is 3. The van der Waals surface area contributed by atoms with Crippen molar-refractivity contribution in [1.29, 1.82) is 0 Å². The first-order valence-electron chi connectivity index (χ1n) is 12.2. The van der Waals surface area contributed by atoms with Gasteiger partial charge in [0.1, 0.15) is 11.5 Å². The molecular formula is C27H32N2O6. The second-order valence-electron chi connectivity index (χ2n) is 8.78. The molecule has 2 heterocycles. The van der Waals surface area contributed by atoms with E-state index in [0.29, 0.717) is 49.3 Å². The molecule has 0 aliphatic carbocycles. The van der Waals surface area contributed by atoms with Crippen LogP contribution in [0.5, 0.6) is 11.5 Å². The van der Waals surface area contributed by atoms with Gasteiger partial charge in [-0.1, -0.05) is 24.6 Å². The number of nitrogens with zero attached hydrogens (tertiary/aromatic N) is 2. The predicted octanol–water partition coefficient (Wildman–Crippen LogP) is 3.96. The maximum atomic E-state index is 13.9. The van der Waals surface area contributed by atoms with E-state index in [4.69, 9.17) is 14.2 Å². The van der Waals surface area contributed by atoms with E-state index in [1.807, 2.05) is 29.3 Å². The molecular weight excluding hydrogens is 448 g/mol. The van der Waals surface area contributed by atoms with Gasteiger partial charge in [-0.05, 0) is 43.0 Å². The number of hydrogen-bond acceptors (Lipinski definition) is 7. The number of anilines is 1. The van der Waals surface area contributed by atoms with Gasteiger partial charge in [0.05, 0.1) is 37.6 Å². The first-order valence-corrected chi connectivity index (χ1v) is 12.2. The van der Waals surface area contributed by atoms with Crippen molar-refractivity contribution in [3.8, 4) is 11.5 Å². The molecule has 4 rings (SSSR count). The third-order valence-corrected chi connectivity index (χ3v) is 6.40. The second kappa shape index (κ2) is 11.4. The van der Waals surface area contributed by atoms with Gasteiger partial charge in [0, 0.05) is 32.4 Å². The van der Waals surface area contributed by atoms with Crippen molar-refractivity contribution >= 4 is 23.3 Å². The summed E-state index contributed by atoms with van der Waals surface area (Å²) in [5.41, 5.74) is 2.43. The molecule has 1 unspecified atom stereocenters. The molecule has 8 heteroatoms. The highest BCUT2D eigenvalue weighted by atomic mass is 16.5. The summed E-state index contributed by atoms with van der Waals surface area (Å²) in [7, 11) is 1.56. The molecule has 2 aliphatic rings. The van der Waals surface area contributed by atoms with Crippen LogP contribution >= 0.6 is 0 Å². The van der Waals surface area contributed by atoms with E-state index < -0.39 is 6.04 Å². The zero-order valence-corrected chi connectivity index (χ0v) is 20.3. The number of amides is 1. The second-order valence-corrected chi connectivity index (χ2v) is 8.78. The number of esters is 1. The zero-order valence-electron chi connectivity index (χ0n) is 20.3. The Morgan fingerprint density at radius 1 is 1.06 bits per heavy atom. The minimum Gasteiger partial charge on any atom is -0.497 e. The predicted molar refractivity (Wildman–Crippen MR) is 131 cm³/mol. The van der Waals surface area contributed by atoms with Gasteiger partial charge in [0.25, 0.3) is 0 Å². The van der Waals surface area contributed by atoms with Crippen LogP contribution in [0.25, 0.3) is 0 Å². The number of benzene rings is 2. The molecule has 186 valence electrons. The summed E-state index contributed by atoms with van der Waals surface area (Å²) in [6.07, 6.45) is 4.11. The molecule has 1 amide bonds. The smallest absolute Gasteiger partial charge is 0.302 e. The molecule has 2 aromatic carbocycles. The maximum absolute atomic E-state index is 13.9. The highest BCUT2D eigenvalue weighted by molar-refractivity contribution is 6.04. The van der Waals surface area contributed by atoms with E-state index in [2.05, 4.69) is 0 Å². The molecule has 0 bridgehead atoms. The van der Waals surface area contributed by atoms with E-state index in [1.165, 1.54) is 6.92 Å². The molecule has 0 N–H and O–H groups in total. The Morgan fingerprint density at radius 3 is 2.69 bits per heavy atom. The number of piperidine rings is 1. The molecule has 1 atom stereocenters. The summed E-state index contributed by atoms with van der Waals surface area (Å²) in [6.45, 7) is 2.52. The van der Waals surface area contributed by atoms with Gasteiger partial charge in [0.15, 0.2) is 5.78 Å². The number of Topliss-reactive ketones (excluding diaryl/α,β-unsaturated/α-hetero) is 1. The van der Waals surface area contributed by atoms with Crippen molar-refractivity contribution in [2.24, 2.45) is 0 Å². The lowest BCUT2D eigenvalue weighted by Crippen LogP contribution is -2.57. The molecule has 0 aromatic heterocycles. The summed E-state index contributed by atoms with van der Waals surface area (Å²) in [5.74, 6) is 0.594. The van der Waals surface area contributed by atoms with Crippen LogP contribution in [0.1, 0.15) is 54.9 Å². The van der Waals surface area contributed by atoms with E-state index in [-0.39, 0.29) is 30.9 Å². The largest absolute Gasteiger partial charge is 0.497 e. The first kappa shape index (κ1) is 24.7. The molecule has 35 heavy (non-hydrogen) atoms. The van der Waals surface area contributed by atoms with Gasteiger partial charge < -0.3 is 14.2 Å². The monoisotopic (exact) mass is 480 g/mol. The minimum atomic E-state index is -0.476. The number of carbonyl (C=O) groups excluding carboxylic acids is 3. The van der Waals surface area contributed by atoms with E-state index in [1.54, 1.807) is 30.3 Å². The molecule has 8 nitrogen and oxygen atoms in total. The molecule has 0 saturated carbocycles. The summed E-state index contributed by atoms with van der Waals surface area (Å²) in [4.78, 5) is 37.9. The molecule has 0 radical (unpaired) electrons. The minimum absolute atomic E-state index is 0.0140. The summed E-state index contributed by atoms with van der Waals surface area (Å²) in [6, 6.07) is 12.6. The third-order valence-electron chi connectivity index (χ3n) is 6.40. The molecule has 1 fully saturated rings. The van der Waals surface area contributed by atoms with Gasteiger partial charge >= 0.3 is 5.97 Å². The lowest BCUT2D eigenvalue weighted by atomic mass is 9.94. The molecule has 1 saturated heterocycles. The topological polar surface area (TPSA) is 85.4 Å². The van der Waals surface area contributed by atoms with E-state index in [9.17, 15) is 14.4 Å². The quantitative estimate of drug-likeness (QED) is 0.305. The van der Waals surface area contributed by atoms with Gasteiger partial charge in [-0.15, -0.1) is 0 Å². The fourth-order valence-electron chi connectivity index (χ4n) is 4.70. The molecule has 2 aliphatic heterocycles. The Bertz CT molecular complexity index is 1090. The van der Waals surface area contributed by atoms with Gasteiger partial charge in [-0.2, -0.15) is 0 Å². The van der Waals surface area contributed by atoms with Crippen LogP contribution < -0.4 is 14.5 Å². The SMILES string of the molecule is COc1ccc(C(=O)C2CCCCN2N2C(=O)CCc3ccccc32)c(OCCCOC(C)=O)c1. The Balaban J connectivity index is 1.59. The molecule has 0 spiro atoms. The Kier molecular flexibility index (Phi) is 8.02. The first-order chi connectivity index (χ1) is 17.0. The zero-order chi connectivity index (χ0) is 24.8. The lowest BCUT2D eigenvalue weighted by molar-refractivity contribution is -0.141. The Labute approximate surface area is 205 Å². The Hall–Kier alpha value is -3.39. The highest BCUT2D eigenvalue weighted by Gasteiger charge is 2.38. The highest BCUT2D eigenvalue weighted by Crippen LogP contribution is 2.35. The van der Waals surface area contributed by atoms with Crippen molar-refractivity contribution in [3.05, 3.63) is 53.6 Å². The van der Waals surface area contributed by atoms with Crippen LogP contribution in [0.15, 0.2) is 42.5 Å². The summed E-state index contributed by atoms with van der Waals surface area (Å²) in [5, 5.41) is 3.67. The van der Waals surface area contributed by atoms with Crippen LogP contribution in [0.4, 0.5) is 5.69 Å². The van der Waals surface area contributed by atoms with E-state index in [0.717, 1.165) is 24.1 Å². The number of rotatable bonds is 9. The third kappa shape index (κ3) is 5.65. The number of para-hydroxylation sites is 1.